The highest BCUT2D eigenvalue weighted by molar-refractivity contribution is 9.10. The van der Waals surface area contributed by atoms with E-state index in [1.165, 1.54) is 7.05 Å². The first-order valence-electron chi connectivity index (χ1n) is 9.48. The van der Waals surface area contributed by atoms with Crippen molar-refractivity contribution < 1.29 is 44.7 Å². The minimum Gasteiger partial charge on any atom is -0.386 e. The van der Waals surface area contributed by atoms with E-state index < -0.39 is 79.3 Å². The smallest absolute Gasteiger partial charge is 0.346 e. The Hall–Kier alpha value is -2.42. The number of carbonyl (C=O) groups excluding carboxylic acids is 3. The highest BCUT2D eigenvalue weighted by Crippen LogP contribution is 2.28. The van der Waals surface area contributed by atoms with E-state index in [2.05, 4.69) is 20.7 Å². The van der Waals surface area contributed by atoms with Crippen LogP contribution in [0, 0.1) is 11.6 Å². The van der Waals surface area contributed by atoms with Crippen LogP contribution in [-0.4, -0.2) is 59.4 Å². The number of sulfone groups is 1. The van der Waals surface area contributed by atoms with Gasteiger partial charge in [-0.05, 0) is 46.6 Å². The second-order valence-electron chi connectivity index (χ2n) is 7.22. The number of ether oxygens (including phenoxy) is 1. The molecule has 2 aromatic carbocycles. The van der Waals surface area contributed by atoms with Crippen LogP contribution in [0.15, 0.2) is 38.5 Å². The predicted octanol–water partition coefficient (Wildman–Crippen LogP) is 3.54. The molecule has 0 radical (unpaired) electrons. The summed E-state index contributed by atoms with van der Waals surface area (Å²) in [5.41, 5.74) is -2.00. The molecule has 0 aliphatic carbocycles. The van der Waals surface area contributed by atoms with Gasteiger partial charge in [-0.3, -0.25) is 4.79 Å². The van der Waals surface area contributed by atoms with Crippen LogP contribution in [0.2, 0.25) is 0 Å². The summed E-state index contributed by atoms with van der Waals surface area (Å²) >= 11 is 2.72. The van der Waals surface area contributed by atoms with Crippen molar-refractivity contribution in [3.8, 4) is 0 Å². The summed E-state index contributed by atoms with van der Waals surface area (Å²) in [6.45, 7) is 1.95. The largest absolute Gasteiger partial charge is 0.386 e. The maximum Gasteiger partial charge on any atom is 0.346 e. The summed E-state index contributed by atoms with van der Waals surface area (Å²) in [6.07, 6.45) is 1.16. The number of hydrogen-bond donors (Lipinski definition) is 0. The Morgan fingerprint density at radius 1 is 0.971 bits per heavy atom. The predicted molar refractivity (Wildman–Crippen MR) is 124 cm³/mol. The molecule has 0 spiro atoms. The Bertz CT molecular complexity index is 1450. The molecule has 0 unspecified atom stereocenters. The average Bonchev–Trinajstić information content (AvgIpc) is 2.73. The minimum absolute atomic E-state index is 0.199. The van der Waals surface area contributed by atoms with Crippen molar-refractivity contribution in [2.75, 3.05) is 19.8 Å². The van der Waals surface area contributed by atoms with E-state index in [0.29, 0.717) is 24.8 Å². The molecular weight excluding hydrogens is 600 g/mol. The lowest BCUT2D eigenvalue weighted by Gasteiger charge is -2.18. The Balaban J connectivity index is 2.55. The third-order valence-corrected chi connectivity index (χ3v) is 7.48. The molecule has 0 saturated heterocycles. The number of amides is 1. The molecule has 0 saturated carbocycles. The lowest BCUT2D eigenvalue weighted by Crippen LogP contribution is -2.29. The minimum atomic E-state index is -4.62. The fourth-order valence-corrected chi connectivity index (χ4v) is 5.14. The second-order valence-corrected chi connectivity index (χ2v) is 12.6. The molecule has 0 N–H and O–H groups in total. The summed E-state index contributed by atoms with van der Waals surface area (Å²) in [7, 11) is -2.40. The molecule has 2 aromatic rings. The maximum absolute atomic E-state index is 14.9. The van der Waals surface area contributed by atoms with Crippen LogP contribution in [-0.2, 0) is 23.6 Å². The van der Waals surface area contributed by atoms with Crippen molar-refractivity contribution >= 4 is 63.3 Å². The van der Waals surface area contributed by atoms with Gasteiger partial charge in [0.1, 0.15) is 9.79 Å². The van der Waals surface area contributed by atoms with Crippen molar-refractivity contribution in [2.45, 2.75) is 23.1 Å². The first-order valence-corrected chi connectivity index (χ1v) is 14.5. The van der Waals surface area contributed by atoms with Crippen molar-refractivity contribution in [1.82, 2.24) is 4.90 Å². The monoisotopic (exact) mass is 615 g/mol. The Labute approximate surface area is 212 Å². The van der Waals surface area contributed by atoms with Gasteiger partial charge in [-0.2, -0.15) is 0 Å². The number of hydrogen-bond acceptors (Lipinski definition) is 8. The Kier molecular flexibility index (Phi) is 8.79. The SMILES string of the molecule is CCCN(C)C(=O)c1cc(C(=O)OC(=O)c2cc(Br)c(F)c(S(=O)(=O)Cl)c2)cc(S(C)(=O)=O)c1F. The van der Waals surface area contributed by atoms with Crippen LogP contribution < -0.4 is 0 Å². The van der Waals surface area contributed by atoms with Crippen LogP contribution in [0.4, 0.5) is 8.78 Å². The zero-order valence-corrected chi connectivity index (χ0v) is 22.2. The first-order chi connectivity index (χ1) is 16.0. The zero-order chi connectivity index (χ0) is 26.9. The normalized spacial score (nSPS) is 11.7. The van der Waals surface area contributed by atoms with E-state index >= 15 is 0 Å². The molecule has 0 aliphatic rings. The van der Waals surface area contributed by atoms with E-state index in [1.54, 1.807) is 6.92 Å². The van der Waals surface area contributed by atoms with Gasteiger partial charge < -0.3 is 9.64 Å². The van der Waals surface area contributed by atoms with Crippen molar-refractivity contribution in [3.63, 3.8) is 0 Å². The molecule has 0 bridgehead atoms. The van der Waals surface area contributed by atoms with E-state index in [9.17, 15) is 40.0 Å². The van der Waals surface area contributed by atoms with Gasteiger partial charge in [0.25, 0.3) is 15.0 Å². The van der Waals surface area contributed by atoms with Gasteiger partial charge >= 0.3 is 11.9 Å². The molecule has 35 heavy (non-hydrogen) atoms. The third-order valence-electron chi connectivity index (χ3n) is 4.49. The Morgan fingerprint density at radius 3 is 1.97 bits per heavy atom. The van der Waals surface area contributed by atoms with Gasteiger partial charge in [0.05, 0.1) is 21.2 Å². The lowest BCUT2D eigenvalue weighted by molar-refractivity contribution is 0.0397. The number of carbonyl (C=O) groups is 3. The Morgan fingerprint density at radius 2 is 1.49 bits per heavy atom. The van der Waals surface area contributed by atoms with E-state index in [4.69, 9.17) is 10.7 Å². The highest BCUT2D eigenvalue weighted by atomic mass is 79.9. The summed E-state index contributed by atoms with van der Waals surface area (Å²) in [4.78, 5) is 36.7. The van der Waals surface area contributed by atoms with Crippen LogP contribution in [0.5, 0.6) is 0 Å². The molecule has 0 aromatic heterocycles. The molecule has 15 heteroatoms. The van der Waals surface area contributed by atoms with Crippen LogP contribution in [0.25, 0.3) is 0 Å². The lowest BCUT2D eigenvalue weighted by atomic mass is 10.1. The molecule has 0 atom stereocenters. The average molecular weight is 617 g/mol. The molecular formula is C20H17BrClF2NO8S2. The van der Waals surface area contributed by atoms with Crippen molar-refractivity contribution in [3.05, 3.63) is 57.1 Å². The number of esters is 2. The molecule has 190 valence electrons. The van der Waals surface area contributed by atoms with Crippen molar-refractivity contribution in [2.24, 2.45) is 0 Å². The van der Waals surface area contributed by atoms with Gasteiger partial charge in [-0.1, -0.05) is 6.92 Å². The standard InChI is InChI=1S/C20H17BrClF2NO8S2/c1-4-5-25(2)18(26)12-6-10(8-14(16(12)23)34(3,29)30)19(27)33-20(28)11-7-13(21)17(24)15(9-11)35(22,31)32/h6-9H,4-5H2,1-3H3. The highest BCUT2D eigenvalue weighted by Gasteiger charge is 2.28. The summed E-state index contributed by atoms with van der Waals surface area (Å²) in [5.74, 6) is -6.54. The summed E-state index contributed by atoms with van der Waals surface area (Å²) < 4.78 is 80.3. The third kappa shape index (κ3) is 6.63. The molecule has 2 rings (SSSR count). The van der Waals surface area contributed by atoms with Gasteiger partial charge in [-0.15, -0.1) is 0 Å². The van der Waals surface area contributed by atoms with E-state index in [0.717, 1.165) is 17.0 Å². The quantitative estimate of drug-likeness (QED) is 0.262. The summed E-state index contributed by atoms with van der Waals surface area (Å²) in [5, 5.41) is 0. The number of halogens is 4. The van der Waals surface area contributed by atoms with Gasteiger partial charge in [0.2, 0.25) is 0 Å². The maximum atomic E-state index is 14.9. The van der Waals surface area contributed by atoms with Gasteiger partial charge in [0.15, 0.2) is 21.5 Å². The topological polar surface area (TPSA) is 132 Å². The fourth-order valence-electron chi connectivity index (χ4n) is 2.84. The fraction of sp³-hybridized carbons (Fsp3) is 0.250. The molecule has 0 fully saturated rings. The molecule has 1 amide bonds. The molecule has 9 nitrogen and oxygen atoms in total. The zero-order valence-electron chi connectivity index (χ0n) is 18.3. The van der Waals surface area contributed by atoms with E-state index in [-0.39, 0.29) is 6.54 Å². The molecule has 0 aliphatic heterocycles. The number of nitrogens with zero attached hydrogens (tertiary/aromatic N) is 1. The van der Waals surface area contributed by atoms with Gasteiger partial charge in [0, 0.05) is 30.5 Å². The number of benzene rings is 2. The first kappa shape index (κ1) is 28.8. The van der Waals surface area contributed by atoms with Gasteiger partial charge in [-0.25, -0.2) is 35.2 Å². The van der Waals surface area contributed by atoms with Crippen LogP contribution >= 0.6 is 26.6 Å². The van der Waals surface area contributed by atoms with Crippen LogP contribution in [0.1, 0.15) is 44.4 Å². The van der Waals surface area contributed by atoms with Crippen LogP contribution in [0.3, 0.4) is 0 Å². The number of rotatable bonds is 7. The summed E-state index contributed by atoms with van der Waals surface area (Å²) in [6, 6.07) is 2.66. The van der Waals surface area contributed by atoms with Crippen molar-refractivity contribution in [1.29, 1.82) is 0 Å². The second kappa shape index (κ2) is 10.7. The van der Waals surface area contributed by atoms with E-state index in [1.807, 2.05) is 0 Å². The molecule has 0 heterocycles.